The highest BCUT2D eigenvalue weighted by molar-refractivity contribution is 7.99. The first kappa shape index (κ1) is 15.4. The van der Waals surface area contributed by atoms with E-state index in [1.54, 1.807) is 18.0 Å². The van der Waals surface area contributed by atoms with Gasteiger partial charge < -0.3 is 10.4 Å². The van der Waals surface area contributed by atoms with Crippen LogP contribution in [0.4, 0.5) is 0 Å². The summed E-state index contributed by atoms with van der Waals surface area (Å²) in [7, 11) is 1.89. The monoisotopic (exact) mass is 269 g/mol. The minimum absolute atomic E-state index is 0.148. The summed E-state index contributed by atoms with van der Waals surface area (Å²) in [5, 5.41) is 13.3. The number of aliphatic hydroxyl groups excluding tert-OH is 1. The van der Waals surface area contributed by atoms with Crippen molar-refractivity contribution in [3.05, 3.63) is 18.0 Å². The molecule has 1 aromatic rings. The maximum atomic E-state index is 9.26. The molecule has 5 heteroatoms. The van der Waals surface area contributed by atoms with Crippen molar-refractivity contribution in [2.24, 2.45) is 0 Å². The van der Waals surface area contributed by atoms with E-state index < -0.39 is 0 Å². The fourth-order valence-electron chi connectivity index (χ4n) is 1.56. The van der Waals surface area contributed by atoms with Gasteiger partial charge in [-0.15, -0.1) is 0 Å². The largest absolute Gasteiger partial charge is 0.394 e. The molecule has 0 fully saturated rings. The summed E-state index contributed by atoms with van der Waals surface area (Å²) in [6.07, 6.45) is 4.99. The van der Waals surface area contributed by atoms with Gasteiger partial charge in [-0.05, 0) is 39.8 Å². The summed E-state index contributed by atoms with van der Waals surface area (Å²) in [6.45, 7) is 4.20. The quantitative estimate of drug-likeness (QED) is 0.429. The van der Waals surface area contributed by atoms with Crippen molar-refractivity contribution in [3.8, 4) is 0 Å². The lowest BCUT2D eigenvalue weighted by atomic mass is 9.96. The maximum Gasteiger partial charge on any atom is 0.187 e. The van der Waals surface area contributed by atoms with Crippen LogP contribution in [0.1, 0.15) is 31.9 Å². The van der Waals surface area contributed by atoms with E-state index in [2.05, 4.69) is 15.3 Å². The van der Waals surface area contributed by atoms with Gasteiger partial charge in [-0.2, -0.15) is 0 Å². The molecule has 1 heterocycles. The molecule has 0 aliphatic heterocycles. The molecule has 4 nitrogen and oxygen atoms in total. The summed E-state index contributed by atoms with van der Waals surface area (Å²) in [5.74, 6) is 1.02. The molecule has 0 amide bonds. The highest BCUT2D eigenvalue weighted by Crippen LogP contribution is 2.17. The minimum Gasteiger partial charge on any atom is -0.394 e. The molecule has 1 rings (SSSR count). The Bertz CT molecular complexity index is 356. The number of hydrogen-bond acceptors (Lipinski definition) is 5. The minimum atomic E-state index is -0.148. The van der Waals surface area contributed by atoms with Gasteiger partial charge in [-0.25, -0.2) is 9.97 Å². The van der Waals surface area contributed by atoms with Crippen molar-refractivity contribution in [1.82, 2.24) is 15.3 Å². The first-order valence-electron chi connectivity index (χ1n) is 6.32. The average molecular weight is 269 g/mol. The first-order chi connectivity index (χ1) is 8.59. The number of hydrogen-bond donors (Lipinski definition) is 2. The van der Waals surface area contributed by atoms with Gasteiger partial charge >= 0.3 is 0 Å². The molecule has 0 saturated carbocycles. The number of nitrogens with zero attached hydrogens (tertiary/aromatic N) is 2. The van der Waals surface area contributed by atoms with E-state index >= 15 is 0 Å². The predicted molar refractivity (Wildman–Crippen MR) is 75.9 cm³/mol. The van der Waals surface area contributed by atoms with Crippen LogP contribution >= 0.6 is 11.8 Å². The van der Waals surface area contributed by atoms with Crippen molar-refractivity contribution in [3.63, 3.8) is 0 Å². The lowest BCUT2D eigenvalue weighted by Crippen LogP contribution is -2.43. The fraction of sp³-hybridized carbons (Fsp3) is 0.692. The number of nitrogens with one attached hydrogen (secondary N) is 1. The summed E-state index contributed by atoms with van der Waals surface area (Å²) in [4.78, 5) is 8.57. The number of aliphatic hydroxyl groups is 1. The molecule has 0 saturated heterocycles. The van der Waals surface area contributed by atoms with Crippen LogP contribution in [0, 0.1) is 6.92 Å². The SMILES string of the molecule is CNC(C)(CO)CCCCSc1nccc(C)n1. The Kier molecular flexibility index (Phi) is 6.60. The van der Waals surface area contributed by atoms with Gasteiger partial charge in [0.1, 0.15) is 0 Å². The second kappa shape index (κ2) is 7.71. The third-order valence-corrected chi connectivity index (χ3v) is 4.03. The molecule has 1 atom stereocenters. The summed E-state index contributed by atoms with van der Waals surface area (Å²) >= 11 is 1.70. The second-order valence-electron chi connectivity index (χ2n) is 4.75. The smallest absolute Gasteiger partial charge is 0.187 e. The Morgan fingerprint density at radius 2 is 2.22 bits per heavy atom. The Labute approximate surface area is 114 Å². The Balaban J connectivity index is 2.19. The van der Waals surface area contributed by atoms with E-state index in [1.165, 1.54) is 0 Å². The standard InChI is InChI=1S/C13H23N3OS/c1-11-6-8-15-12(16-11)18-9-5-4-7-13(2,10-17)14-3/h6,8,14,17H,4-5,7,9-10H2,1-3H3. The van der Waals surface area contributed by atoms with E-state index in [9.17, 15) is 5.11 Å². The number of aromatic nitrogens is 2. The van der Waals surface area contributed by atoms with Crippen molar-refractivity contribution in [2.45, 2.75) is 43.8 Å². The van der Waals surface area contributed by atoms with Crippen LogP contribution in [0.2, 0.25) is 0 Å². The van der Waals surface area contributed by atoms with Gasteiger partial charge in [-0.3, -0.25) is 0 Å². The molecule has 0 bridgehead atoms. The van der Waals surface area contributed by atoms with Crippen LogP contribution in [-0.4, -0.2) is 40.0 Å². The summed E-state index contributed by atoms with van der Waals surface area (Å²) in [5.41, 5.74) is 0.861. The third kappa shape index (κ3) is 5.33. The molecule has 0 spiro atoms. The van der Waals surface area contributed by atoms with Crippen molar-refractivity contribution in [2.75, 3.05) is 19.4 Å². The maximum absolute atomic E-state index is 9.26. The molecular formula is C13H23N3OS. The Morgan fingerprint density at radius 3 is 2.83 bits per heavy atom. The normalized spacial score (nSPS) is 14.4. The second-order valence-corrected chi connectivity index (χ2v) is 5.82. The third-order valence-electron chi connectivity index (χ3n) is 3.08. The zero-order chi connectivity index (χ0) is 13.4. The van der Waals surface area contributed by atoms with Crippen LogP contribution in [0.15, 0.2) is 17.4 Å². The lowest BCUT2D eigenvalue weighted by Gasteiger charge is -2.26. The zero-order valence-electron chi connectivity index (χ0n) is 11.4. The van der Waals surface area contributed by atoms with Crippen LogP contribution < -0.4 is 5.32 Å². The average Bonchev–Trinajstić information content (AvgIpc) is 2.38. The Hall–Kier alpha value is -0.650. The molecule has 1 unspecified atom stereocenters. The molecule has 0 aliphatic carbocycles. The van der Waals surface area contributed by atoms with Crippen LogP contribution in [0.5, 0.6) is 0 Å². The van der Waals surface area contributed by atoms with E-state index in [0.29, 0.717) is 0 Å². The van der Waals surface area contributed by atoms with Gasteiger partial charge in [0.25, 0.3) is 0 Å². The number of likely N-dealkylation sites (N-methyl/N-ethyl adjacent to an activating group) is 1. The first-order valence-corrected chi connectivity index (χ1v) is 7.30. The lowest BCUT2D eigenvalue weighted by molar-refractivity contribution is 0.171. The fourth-order valence-corrected chi connectivity index (χ4v) is 2.43. The summed E-state index contributed by atoms with van der Waals surface area (Å²) < 4.78 is 0. The zero-order valence-corrected chi connectivity index (χ0v) is 12.3. The van der Waals surface area contributed by atoms with Gasteiger partial charge in [0.15, 0.2) is 5.16 Å². The highest BCUT2D eigenvalue weighted by Gasteiger charge is 2.19. The summed E-state index contributed by atoms with van der Waals surface area (Å²) in [6, 6.07) is 1.91. The van der Waals surface area contributed by atoms with Crippen LogP contribution in [0.3, 0.4) is 0 Å². The van der Waals surface area contributed by atoms with Gasteiger partial charge in [-0.1, -0.05) is 18.2 Å². The molecule has 18 heavy (non-hydrogen) atoms. The van der Waals surface area contributed by atoms with Crippen LogP contribution in [0.25, 0.3) is 0 Å². The molecule has 102 valence electrons. The molecular weight excluding hydrogens is 246 g/mol. The van der Waals surface area contributed by atoms with Gasteiger partial charge in [0, 0.05) is 23.2 Å². The van der Waals surface area contributed by atoms with Crippen LogP contribution in [-0.2, 0) is 0 Å². The number of aryl methyl sites for hydroxylation is 1. The van der Waals surface area contributed by atoms with Crippen molar-refractivity contribution < 1.29 is 5.11 Å². The van der Waals surface area contributed by atoms with Crippen molar-refractivity contribution >= 4 is 11.8 Å². The van der Waals surface area contributed by atoms with Gasteiger partial charge in [0.2, 0.25) is 0 Å². The molecule has 1 aromatic heterocycles. The number of rotatable bonds is 8. The predicted octanol–water partition coefficient (Wildman–Crippen LogP) is 2.02. The number of thioether (sulfide) groups is 1. The molecule has 0 aliphatic rings. The number of unbranched alkanes of at least 4 members (excludes halogenated alkanes) is 1. The Morgan fingerprint density at radius 1 is 1.44 bits per heavy atom. The van der Waals surface area contributed by atoms with E-state index in [-0.39, 0.29) is 12.1 Å². The van der Waals surface area contributed by atoms with Gasteiger partial charge in [0.05, 0.1) is 6.61 Å². The highest BCUT2D eigenvalue weighted by atomic mass is 32.2. The molecule has 0 radical (unpaired) electrons. The molecule has 0 aromatic carbocycles. The van der Waals surface area contributed by atoms with E-state index in [1.807, 2.05) is 27.0 Å². The van der Waals surface area contributed by atoms with Crippen molar-refractivity contribution in [1.29, 1.82) is 0 Å². The van der Waals surface area contributed by atoms with E-state index in [0.717, 1.165) is 35.9 Å². The molecule has 2 N–H and O–H groups in total. The topological polar surface area (TPSA) is 58.0 Å². The van der Waals surface area contributed by atoms with E-state index in [4.69, 9.17) is 0 Å².